The quantitative estimate of drug-likeness (QED) is 0.678. The summed E-state index contributed by atoms with van der Waals surface area (Å²) >= 11 is 0. The summed E-state index contributed by atoms with van der Waals surface area (Å²) in [5, 5.41) is 3.55. The maximum atomic E-state index is 3.55. The van der Waals surface area contributed by atoms with Gasteiger partial charge in [0.2, 0.25) is 0 Å². The van der Waals surface area contributed by atoms with Crippen molar-refractivity contribution >= 4 is 0 Å². The van der Waals surface area contributed by atoms with Crippen LogP contribution in [0.25, 0.3) is 0 Å². The molecule has 86 valence electrons. The van der Waals surface area contributed by atoms with Gasteiger partial charge in [0.25, 0.3) is 0 Å². The number of hydrogen-bond acceptors (Lipinski definition) is 2. The van der Waals surface area contributed by atoms with Gasteiger partial charge in [0.1, 0.15) is 0 Å². The SMILES string of the molecule is CCNC(CN(C)C(C)CC)C(C)C. The van der Waals surface area contributed by atoms with Gasteiger partial charge in [-0.25, -0.2) is 0 Å². The average molecular weight is 200 g/mol. The fourth-order valence-corrected chi connectivity index (χ4v) is 1.58. The van der Waals surface area contributed by atoms with E-state index >= 15 is 0 Å². The van der Waals surface area contributed by atoms with Crippen molar-refractivity contribution in [2.24, 2.45) is 5.92 Å². The van der Waals surface area contributed by atoms with Crippen LogP contribution in [0.3, 0.4) is 0 Å². The van der Waals surface area contributed by atoms with Gasteiger partial charge < -0.3 is 10.2 Å². The summed E-state index contributed by atoms with van der Waals surface area (Å²) in [4.78, 5) is 2.45. The fourth-order valence-electron chi connectivity index (χ4n) is 1.58. The molecule has 0 bridgehead atoms. The van der Waals surface area contributed by atoms with E-state index in [1.807, 2.05) is 0 Å². The van der Waals surface area contributed by atoms with E-state index in [-0.39, 0.29) is 0 Å². The van der Waals surface area contributed by atoms with Crippen LogP contribution in [0.4, 0.5) is 0 Å². The summed E-state index contributed by atoms with van der Waals surface area (Å²) in [6.45, 7) is 13.5. The second-order valence-electron chi connectivity index (χ2n) is 4.61. The van der Waals surface area contributed by atoms with E-state index in [0.29, 0.717) is 18.0 Å². The summed E-state index contributed by atoms with van der Waals surface area (Å²) in [6, 6.07) is 1.31. The summed E-state index contributed by atoms with van der Waals surface area (Å²) in [5.74, 6) is 0.710. The number of nitrogens with zero attached hydrogens (tertiary/aromatic N) is 1. The van der Waals surface area contributed by atoms with Gasteiger partial charge in [-0.1, -0.05) is 27.7 Å². The zero-order valence-electron chi connectivity index (χ0n) is 10.8. The summed E-state index contributed by atoms with van der Waals surface area (Å²) in [7, 11) is 2.22. The first-order valence-electron chi connectivity index (χ1n) is 5.96. The maximum Gasteiger partial charge on any atom is 0.0217 e. The van der Waals surface area contributed by atoms with Crippen LogP contribution in [-0.2, 0) is 0 Å². The Bertz CT molecular complexity index is 134. The molecule has 0 saturated heterocycles. The van der Waals surface area contributed by atoms with Gasteiger partial charge in [-0.3, -0.25) is 0 Å². The van der Waals surface area contributed by atoms with E-state index < -0.39 is 0 Å². The minimum absolute atomic E-state index is 0.624. The van der Waals surface area contributed by atoms with Crippen molar-refractivity contribution in [3.8, 4) is 0 Å². The first kappa shape index (κ1) is 13.9. The van der Waals surface area contributed by atoms with Crippen LogP contribution in [0.15, 0.2) is 0 Å². The summed E-state index contributed by atoms with van der Waals surface area (Å²) in [6.07, 6.45) is 1.23. The summed E-state index contributed by atoms with van der Waals surface area (Å²) in [5.41, 5.74) is 0. The van der Waals surface area contributed by atoms with Crippen LogP contribution in [0.5, 0.6) is 0 Å². The van der Waals surface area contributed by atoms with E-state index in [4.69, 9.17) is 0 Å². The van der Waals surface area contributed by atoms with Gasteiger partial charge in [-0.2, -0.15) is 0 Å². The van der Waals surface area contributed by atoms with Crippen molar-refractivity contribution in [2.75, 3.05) is 20.1 Å². The molecule has 0 fully saturated rings. The molecular weight excluding hydrogens is 172 g/mol. The minimum Gasteiger partial charge on any atom is -0.313 e. The van der Waals surface area contributed by atoms with Crippen LogP contribution in [0, 0.1) is 5.92 Å². The van der Waals surface area contributed by atoms with Crippen molar-refractivity contribution in [1.82, 2.24) is 10.2 Å². The lowest BCUT2D eigenvalue weighted by atomic mass is 10.0. The molecule has 0 aliphatic heterocycles. The molecule has 1 N–H and O–H groups in total. The second kappa shape index (κ2) is 7.24. The largest absolute Gasteiger partial charge is 0.313 e. The number of likely N-dealkylation sites (N-methyl/N-ethyl adjacent to an activating group) is 2. The molecule has 0 aliphatic rings. The number of hydrogen-bond donors (Lipinski definition) is 1. The molecule has 2 nitrogen and oxygen atoms in total. The Labute approximate surface area is 90.1 Å². The fraction of sp³-hybridized carbons (Fsp3) is 1.00. The molecule has 0 heterocycles. The van der Waals surface area contributed by atoms with Crippen molar-refractivity contribution in [3.05, 3.63) is 0 Å². The predicted octanol–water partition coefficient (Wildman–Crippen LogP) is 2.35. The molecule has 2 atom stereocenters. The highest BCUT2D eigenvalue weighted by Crippen LogP contribution is 2.07. The van der Waals surface area contributed by atoms with Crippen LogP contribution >= 0.6 is 0 Å². The molecule has 0 rings (SSSR count). The topological polar surface area (TPSA) is 15.3 Å². The number of nitrogens with one attached hydrogen (secondary N) is 1. The third-order valence-electron chi connectivity index (χ3n) is 3.10. The van der Waals surface area contributed by atoms with Gasteiger partial charge in [-0.15, -0.1) is 0 Å². The monoisotopic (exact) mass is 200 g/mol. The first-order chi connectivity index (χ1) is 6.52. The lowest BCUT2D eigenvalue weighted by Gasteiger charge is -2.31. The summed E-state index contributed by atoms with van der Waals surface area (Å²) < 4.78 is 0. The predicted molar refractivity (Wildman–Crippen MR) is 64.7 cm³/mol. The van der Waals surface area contributed by atoms with Crippen molar-refractivity contribution < 1.29 is 0 Å². The molecule has 0 aromatic carbocycles. The van der Waals surface area contributed by atoms with E-state index in [9.17, 15) is 0 Å². The highest BCUT2D eigenvalue weighted by Gasteiger charge is 2.16. The van der Waals surface area contributed by atoms with E-state index in [2.05, 4.69) is 51.9 Å². The standard InChI is InChI=1S/C12H28N2/c1-7-11(5)14(6)9-12(10(3)4)13-8-2/h10-13H,7-9H2,1-6H3. The highest BCUT2D eigenvalue weighted by atomic mass is 15.1. The third-order valence-corrected chi connectivity index (χ3v) is 3.10. The van der Waals surface area contributed by atoms with Gasteiger partial charge in [0, 0.05) is 18.6 Å². The Kier molecular flexibility index (Phi) is 7.20. The zero-order valence-corrected chi connectivity index (χ0v) is 10.8. The molecule has 0 radical (unpaired) electrons. The number of rotatable bonds is 7. The Balaban J connectivity index is 4.01. The van der Waals surface area contributed by atoms with E-state index in [0.717, 1.165) is 13.1 Å². The Hall–Kier alpha value is -0.0800. The normalized spacial score (nSPS) is 16.3. The Morgan fingerprint density at radius 1 is 1.14 bits per heavy atom. The highest BCUT2D eigenvalue weighted by molar-refractivity contribution is 4.75. The molecule has 2 heteroatoms. The Morgan fingerprint density at radius 3 is 2.07 bits per heavy atom. The van der Waals surface area contributed by atoms with Crippen molar-refractivity contribution in [1.29, 1.82) is 0 Å². The molecule has 0 amide bonds. The second-order valence-corrected chi connectivity index (χ2v) is 4.61. The first-order valence-corrected chi connectivity index (χ1v) is 5.96. The van der Waals surface area contributed by atoms with E-state index in [1.54, 1.807) is 0 Å². The van der Waals surface area contributed by atoms with Crippen molar-refractivity contribution in [2.45, 2.75) is 53.1 Å². The molecule has 2 unspecified atom stereocenters. The lowest BCUT2D eigenvalue weighted by molar-refractivity contribution is 0.204. The average Bonchev–Trinajstić information content (AvgIpc) is 2.15. The smallest absolute Gasteiger partial charge is 0.0217 e. The third kappa shape index (κ3) is 4.97. The van der Waals surface area contributed by atoms with Crippen LogP contribution in [0.1, 0.15) is 41.0 Å². The molecular formula is C12H28N2. The van der Waals surface area contributed by atoms with Crippen LogP contribution in [0.2, 0.25) is 0 Å². The maximum absolute atomic E-state index is 3.55. The molecule has 0 saturated carbocycles. The Morgan fingerprint density at radius 2 is 1.71 bits per heavy atom. The van der Waals surface area contributed by atoms with Crippen molar-refractivity contribution in [3.63, 3.8) is 0 Å². The minimum atomic E-state index is 0.624. The van der Waals surface area contributed by atoms with Gasteiger partial charge in [0.05, 0.1) is 0 Å². The molecule has 0 aliphatic carbocycles. The molecule has 0 aromatic heterocycles. The lowest BCUT2D eigenvalue weighted by Crippen LogP contribution is -2.45. The zero-order chi connectivity index (χ0) is 11.1. The van der Waals surface area contributed by atoms with Crippen LogP contribution in [-0.4, -0.2) is 37.1 Å². The molecule has 14 heavy (non-hydrogen) atoms. The van der Waals surface area contributed by atoms with Gasteiger partial charge >= 0.3 is 0 Å². The molecule has 0 spiro atoms. The van der Waals surface area contributed by atoms with Gasteiger partial charge in [-0.05, 0) is 32.9 Å². The van der Waals surface area contributed by atoms with E-state index in [1.165, 1.54) is 6.42 Å². The van der Waals surface area contributed by atoms with Crippen LogP contribution < -0.4 is 5.32 Å². The molecule has 0 aromatic rings. The van der Waals surface area contributed by atoms with Gasteiger partial charge in [0.15, 0.2) is 0 Å².